The number of esters is 1. The highest BCUT2D eigenvalue weighted by Crippen LogP contribution is 2.30. The van der Waals surface area contributed by atoms with E-state index in [2.05, 4.69) is 4.98 Å². The lowest BCUT2D eigenvalue weighted by Crippen LogP contribution is -2.27. The summed E-state index contributed by atoms with van der Waals surface area (Å²) >= 11 is 0. The largest absolute Gasteiger partial charge is 0.490 e. The maximum absolute atomic E-state index is 12.7. The zero-order valence-electron chi connectivity index (χ0n) is 18.9. The van der Waals surface area contributed by atoms with Gasteiger partial charge in [-0.3, -0.25) is 4.98 Å². The minimum absolute atomic E-state index is 0.171. The molecule has 3 aromatic rings. The predicted molar refractivity (Wildman–Crippen MR) is 130 cm³/mol. The molecule has 1 saturated heterocycles. The normalized spacial score (nSPS) is 14.4. The molecule has 0 amide bonds. The Bertz CT molecular complexity index is 1270. The number of sulfonamides is 1. The number of hydrogen-bond acceptors (Lipinski definition) is 6. The van der Waals surface area contributed by atoms with Crippen LogP contribution in [-0.2, 0) is 10.0 Å². The monoisotopic (exact) mass is 478 g/mol. The van der Waals surface area contributed by atoms with Crippen molar-refractivity contribution in [2.24, 2.45) is 0 Å². The molecule has 4 rings (SSSR count). The van der Waals surface area contributed by atoms with Gasteiger partial charge < -0.3 is 9.47 Å². The van der Waals surface area contributed by atoms with Gasteiger partial charge in [-0.05, 0) is 79.9 Å². The van der Waals surface area contributed by atoms with Crippen molar-refractivity contribution in [2.75, 3.05) is 19.7 Å². The van der Waals surface area contributed by atoms with Crippen LogP contribution in [0, 0.1) is 0 Å². The number of benzene rings is 2. The minimum Gasteiger partial charge on any atom is -0.490 e. The molecule has 0 unspecified atom stereocenters. The van der Waals surface area contributed by atoms with Crippen LogP contribution in [-0.4, -0.2) is 43.4 Å². The predicted octanol–water partition coefficient (Wildman–Crippen LogP) is 4.65. The van der Waals surface area contributed by atoms with E-state index in [0.717, 1.165) is 24.1 Å². The summed E-state index contributed by atoms with van der Waals surface area (Å²) in [6, 6.07) is 16.8. The number of ether oxygens (including phenoxy) is 2. The third kappa shape index (κ3) is 5.52. The summed E-state index contributed by atoms with van der Waals surface area (Å²) in [5.41, 5.74) is 1.94. The minimum atomic E-state index is -3.53. The van der Waals surface area contributed by atoms with Crippen LogP contribution in [0.2, 0.25) is 0 Å². The van der Waals surface area contributed by atoms with Crippen LogP contribution < -0.4 is 9.47 Å². The molecule has 176 valence electrons. The maximum atomic E-state index is 12.7. The van der Waals surface area contributed by atoms with E-state index in [1.54, 1.807) is 18.3 Å². The van der Waals surface area contributed by atoms with E-state index >= 15 is 0 Å². The van der Waals surface area contributed by atoms with E-state index in [4.69, 9.17) is 9.47 Å². The molecule has 0 radical (unpaired) electrons. The average molecular weight is 479 g/mol. The van der Waals surface area contributed by atoms with Gasteiger partial charge in [0, 0.05) is 19.3 Å². The lowest BCUT2D eigenvalue weighted by molar-refractivity contribution is 0.0728. The first kappa shape index (κ1) is 23.7. The van der Waals surface area contributed by atoms with Crippen LogP contribution in [0.4, 0.5) is 0 Å². The summed E-state index contributed by atoms with van der Waals surface area (Å²) in [7, 11) is -3.53. The third-order valence-corrected chi connectivity index (χ3v) is 7.31. The summed E-state index contributed by atoms with van der Waals surface area (Å²) in [5.74, 6) is 0.130. The molecule has 1 fully saturated rings. The fourth-order valence-corrected chi connectivity index (χ4v) is 5.15. The van der Waals surface area contributed by atoms with Gasteiger partial charge in [0.05, 0.1) is 22.8 Å². The van der Waals surface area contributed by atoms with Gasteiger partial charge in [-0.2, -0.15) is 4.31 Å². The van der Waals surface area contributed by atoms with E-state index in [1.807, 2.05) is 43.3 Å². The van der Waals surface area contributed by atoms with Gasteiger partial charge in [0.15, 0.2) is 11.5 Å². The van der Waals surface area contributed by atoms with E-state index in [9.17, 15) is 13.2 Å². The fourth-order valence-electron chi connectivity index (χ4n) is 3.64. The Hall–Kier alpha value is -3.49. The summed E-state index contributed by atoms with van der Waals surface area (Å²) < 4.78 is 38.1. The van der Waals surface area contributed by atoms with Gasteiger partial charge in [-0.15, -0.1) is 0 Å². The zero-order chi connectivity index (χ0) is 24.0. The van der Waals surface area contributed by atoms with Crippen LogP contribution >= 0.6 is 0 Å². The lowest BCUT2D eigenvalue weighted by atomic mass is 10.1. The second-order valence-electron chi connectivity index (χ2n) is 7.75. The lowest BCUT2D eigenvalue weighted by Gasteiger charge is -2.15. The van der Waals surface area contributed by atoms with Crippen molar-refractivity contribution >= 4 is 28.1 Å². The molecule has 2 heterocycles. The van der Waals surface area contributed by atoms with Crippen molar-refractivity contribution in [3.8, 4) is 11.5 Å². The zero-order valence-corrected chi connectivity index (χ0v) is 19.7. The molecule has 0 N–H and O–H groups in total. The smallest absolute Gasteiger partial charge is 0.343 e. The van der Waals surface area contributed by atoms with Crippen LogP contribution in [0.25, 0.3) is 12.2 Å². The first-order valence-electron chi connectivity index (χ1n) is 11.2. The number of nitrogens with zero attached hydrogens (tertiary/aromatic N) is 2. The molecule has 8 heteroatoms. The molecule has 1 aliphatic heterocycles. The number of aromatic nitrogens is 1. The van der Waals surface area contributed by atoms with Gasteiger partial charge in [-0.1, -0.05) is 18.2 Å². The van der Waals surface area contributed by atoms with Gasteiger partial charge in [-0.25, -0.2) is 13.2 Å². The standard InChI is InChI=1S/C26H26N2O5S/c1-2-32-25-19-20(8-12-22-7-3-4-16-27-22)9-15-24(25)33-26(29)21-10-13-23(14-11-21)34(30,31)28-17-5-6-18-28/h3-4,7-16,19H,2,5-6,17-18H2,1H3/b12-8+. The van der Waals surface area contributed by atoms with E-state index in [1.165, 1.54) is 28.6 Å². The van der Waals surface area contributed by atoms with Gasteiger partial charge >= 0.3 is 5.97 Å². The molecule has 0 saturated carbocycles. The molecular weight excluding hydrogens is 452 g/mol. The van der Waals surface area contributed by atoms with E-state index < -0.39 is 16.0 Å². The molecule has 2 aromatic carbocycles. The molecular formula is C26H26N2O5S. The first-order chi connectivity index (χ1) is 16.5. The van der Waals surface area contributed by atoms with Crippen molar-refractivity contribution in [1.29, 1.82) is 0 Å². The van der Waals surface area contributed by atoms with Crippen molar-refractivity contribution in [2.45, 2.75) is 24.7 Å². The van der Waals surface area contributed by atoms with Crippen molar-refractivity contribution < 1.29 is 22.7 Å². The fraction of sp³-hybridized carbons (Fsp3) is 0.231. The second kappa shape index (κ2) is 10.6. The molecule has 0 atom stereocenters. The Morgan fingerprint density at radius 3 is 2.44 bits per heavy atom. The second-order valence-corrected chi connectivity index (χ2v) is 9.69. The molecule has 0 spiro atoms. The molecule has 1 aromatic heterocycles. The van der Waals surface area contributed by atoms with Crippen LogP contribution in [0.15, 0.2) is 71.8 Å². The number of carbonyl (C=O) groups excluding carboxylic acids is 1. The van der Waals surface area contributed by atoms with Crippen LogP contribution in [0.5, 0.6) is 11.5 Å². The van der Waals surface area contributed by atoms with Crippen LogP contribution in [0.3, 0.4) is 0 Å². The maximum Gasteiger partial charge on any atom is 0.343 e. The number of rotatable bonds is 8. The summed E-state index contributed by atoms with van der Waals surface area (Å²) in [6.07, 6.45) is 7.24. The SMILES string of the molecule is CCOc1cc(/C=C/c2ccccn2)ccc1OC(=O)c1ccc(S(=O)(=O)N2CCCC2)cc1. The highest BCUT2D eigenvalue weighted by molar-refractivity contribution is 7.89. The quantitative estimate of drug-likeness (QED) is 0.346. The van der Waals surface area contributed by atoms with Crippen molar-refractivity contribution in [3.63, 3.8) is 0 Å². The number of pyridine rings is 1. The topological polar surface area (TPSA) is 85.8 Å². The molecule has 0 aliphatic carbocycles. The molecule has 1 aliphatic rings. The van der Waals surface area contributed by atoms with Gasteiger partial charge in [0.1, 0.15) is 0 Å². The Morgan fingerprint density at radius 1 is 1.00 bits per heavy atom. The first-order valence-corrected chi connectivity index (χ1v) is 12.6. The van der Waals surface area contributed by atoms with Crippen molar-refractivity contribution in [1.82, 2.24) is 9.29 Å². The highest BCUT2D eigenvalue weighted by Gasteiger charge is 2.27. The van der Waals surface area contributed by atoms with Crippen LogP contribution in [0.1, 0.15) is 41.4 Å². The Labute approximate surface area is 199 Å². The Balaban J connectivity index is 1.49. The van der Waals surface area contributed by atoms with Gasteiger partial charge in [0.2, 0.25) is 10.0 Å². The Morgan fingerprint density at radius 2 is 1.76 bits per heavy atom. The molecule has 7 nitrogen and oxygen atoms in total. The van der Waals surface area contributed by atoms with Gasteiger partial charge in [0.25, 0.3) is 0 Å². The number of carbonyl (C=O) groups is 1. The highest BCUT2D eigenvalue weighted by atomic mass is 32.2. The van der Waals surface area contributed by atoms with E-state index in [0.29, 0.717) is 25.4 Å². The molecule has 0 bridgehead atoms. The van der Waals surface area contributed by atoms with E-state index in [-0.39, 0.29) is 16.2 Å². The Kier molecular flexibility index (Phi) is 7.40. The summed E-state index contributed by atoms with van der Waals surface area (Å²) in [4.78, 5) is 17.2. The van der Waals surface area contributed by atoms with Crippen molar-refractivity contribution in [3.05, 3.63) is 83.7 Å². The third-order valence-electron chi connectivity index (χ3n) is 5.40. The average Bonchev–Trinajstić information content (AvgIpc) is 3.41. The summed E-state index contributed by atoms with van der Waals surface area (Å²) in [5, 5.41) is 0. The molecule has 34 heavy (non-hydrogen) atoms. The summed E-state index contributed by atoms with van der Waals surface area (Å²) in [6.45, 7) is 3.31. The number of hydrogen-bond donors (Lipinski definition) is 0.